The summed E-state index contributed by atoms with van der Waals surface area (Å²) in [6.07, 6.45) is 1.76. The van der Waals surface area contributed by atoms with Crippen LogP contribution in [0, 0.1) is 11.3 Å². The maximum absolute atomic E-state index is 13.9. The van der Waals surface area contributed by atoms with Crippen molar-refractivity contribution in [3.8, 4) is 11.8 Å². The number of thiazole rings is 1. The summed E-state index contributed by atoms with van der Waals surface area (Å²) in [6.45, 7) is 1.83. The predicted octanol–water partition coefficient (Wildman–Crippen LogP) is 5.25. The van der Waals surface area contributed by atoms with Crippen molar-refractivity contribution < 1.29 is 14.3 Å². The van der Waals surface area contributed by atoms with E-state index in [9.17, 15) is 9.59 Å². The highest BCUT2D eigenvalue weighted by atomic mass is 79.9. The molecule has 10 heteroatoms. The number of halogens is 2. The van der Waals surface area contributed by atoms with Crippen LogP contribution in [0.1, 0.15) is 29.7 Å². The second-order valence-electron chi connectivity index (χ2n) is 8.62. The van der Waals surface area contributed by atoms with Gasteiger partial charge in [-0.3, -0.25) is 9.36 Å². The van der Waals surface area contributed by atoms with Gasteiger partial charge in [-0.2, -0.15) is 5.26 Å². The van der Waals surface area contributed by atoms with Crippen molar-refractivity contribution in [2.24, 2.45) is 4.99 Å². The Balaban J connectivity index is 1.75. The number of hydrogen-bond donors (Lipinski definition) is 0. The smallest absolute Gasteiger partial charge is 0.338 e. The zero-order chi connectivity index (χ0) is 28.2. The highest BCUT2D eigenvalue weighted by Gasteiger charge is 2.35. The number of carbonyl (C=O) groups is 1. The van der Waals surface area contributed by atoms with Crippen molar-refractivity contribution in [2.45, 2.75) is 13.0 Å². The summed E-state index contributed by atoms with van der Waals surface area (Å²) in [6, 6.07) is 22.9. The van der Waals surface area contributed by atoms with Crippen molar-refractivity contribution in [3.05, 3.63) is 124 Å². The van der Waals surface area contributed by atoms with Crippen LogP contribution >= 0.6 is 38.9 Å². The van der Waals surface area contributed by atoms with Gasteiger partial charge in [-0.15, -0.1) is 0 Å². The first-order valence-electron chi connectivity index (χ1n) is 12.2. The van der Waals surface area contributed by atoms with Crippen LogP contribution in [0.2, 0.25) is 5.02 Å². The Kier molecular flexibility index (Phi) is 8.31. The summed E-state index contributed by atoms with van der Waals surface area (Å²) in [4.78, 5) is 32.7. The van der Waals surface area contributed by atoms with E-state index in [2.05, 4.69) is 15.9 Å². The van der Waals surface area contributed by atoms with Crippen LogP contribution in [0.4, 0.5) is 0 Å². The molecule has 7 nitrogen and oxygen atoms in total. The Bertz CT molecular complexity index is 1840. The van der Waals surface area contributed by atoms with Crippen molar-refractivity contribution in [1.82, 2.24) is 4.57 Å². The van der Waals surface area contributed by atoms with Gasteiger partial charge in [0.05, 0.1) is 32.9 Å². The number of benzene rings is 3. The monoisotopic (exact) mass is 633 g/mol. The number of fused-ring (bicyclic) bond motifs is 1. The number of hydrogen-bond acceptors (Lipinski definition) is 7. The van der Waals surface area contributed by atoms with Crippen molar-refractivity contribution >= 4 is 56.6 Å². The molecule has 1 aliphatic heterocycles. The van der Waals surface area contributed by atoms with Gasteiger partial charge in [-0.25, -0.2) is 9.79 Å². The van der Waals surface area contributed by atoms with Gasteiger partial charge in [0, 0.05) is 10.6 Å². The van der Waals surface area contributed by atoms with Crippen molar-refractivity contribution in [2.75, 3.05) is 13.2 Å². The molecule has 0 radical (unpaired) electrons. The summed E-state index contributed by atoms with van der Waals surface area (Å²) >= 11 is 10.9. The topological polar surface area (TPSA) is 93.7 Å². The Morgan fingerprint density at radius 2 is 1.93 bits per heavy atom. The van der Waals surface area contributed by atoms with Crippen LogP contribution < -0.4 is 19.6 Å². The van der Waals surface area contributed by atoms with E-state index >= 15 is 0 Å². The number of carbonyl (C=O) groups excluding carboxylic acids is 1. The largest absolute Gasteiger partial charge is 0.478 e. The predicted molar refractivity (Wildman–Crippen MR) is 158 cm³/mol. The van der Waals surface area contributed by atoms with Crippen LogP contribution in [0.15, 0.2) is 92.6 Å². The lowest BCUT2D eigenvalue weighted by molar-refractivity contribution is -0.138. The third-order valence-corrected chi connectivity index (χ3v) is 7.96. The van der Waals surface area contributed by atoms with Gasteiger partial charge in [0.15, 0.2) is 11.4 Å². The number of ether oxygens (including phenoxy) is 2. The lowest BCUT2D eigenvalue weighted by Gasteiger charge is -2.25. The summed E-state index contributed by atoms with van der Waals surface area (Å²) in [5, 5.41) is 9.33. The zero-order valence-corrected chi connectivity index (χ0v) is 24.3. The molecule has 0 fully saturated rings. The van der Waals surface area contributed by atoms with E-state index in [1.165, 1.54) is 15.9 Å². The maximum Gasteiger partial charge on any atom is 0.338 e. The van der Waals surface area contributed by atoms with E-state index in [1.54, 1.807) is 55.5 Å². The molecular weight excluding hydrogens is 614 g/mol. The Labute approximate surface area is 247 Å². The van der Waals surface area contributed by atoms with E-state index in [-0.39, 0.29) is 24.3 Å². The van der Waals surface area contributed by atoms with E-state index < -0.39 is 12.0 Å². The molecule has 3 aromatic carbocycles. The standard InChI is InChI=1S/C30H21BrClN3O4S/c1-2-38-29(37)25-26(19-6-4-3-5-7-19)34-30-35(27(25)20-9-11-21(32)12-10-20)28(36)24(40-30)17-18-8-13-23(22(31)16-18)39-15-14-33/h3-13,16-17,27H,2,15H2,1H3/b24-17-/t27-/m1/s1. The Morgan fingerprint density at radius 3 is 2.60 bits per heavy atom. The fourth-order valence-corrected chi connectivity index (χ4v) is 6.02. The van der Waals surface area contributed by atoms with Gasteiger partial charge in [0.1, 0.15) is 11.8 Å². The highest BCUT2D eigenvalue weighted by molar-refractivity contribution is 9.10. The van der Waals surface area contributed by atoms with Gasteiger partial charge < -0.3 is 9.47 Å². The molecule has 1 aromatic heterocycles. The molecule has 5 rings (SSSR count). The first kappa shape index (κ1) is 27.6. The molecule has 40 heavy (non-hydrogen) atoms. The molecule has 200 valence electrons. The van der Waals surface area contributed by atoms with Crippen molar-refractivity contribution in [3.63, 3.8) is 0 Å². The minimum atomic E-state index is -0.779. The first-order valence-corrected chi connectivity index (χ1v) is 14.2. The molecule has 1 atom stereocenters. The van der Waals surface area contributed by atoms with E-state index in [0.717, 1.165) is 11.1 Å². The Hall–Kier alpha value is -3.97. The number of nitrogens with zero attached hydrogens (tertiary/aromatic N) is 3. The fraction of sp³-hybridized carbons (Fsp3) is 0.133. The molecule has 0 amide bonds. The van der Waals surface area contributed by atoms with Gasteiger partial charge in [-0.1, -0.05) is 71.5 Å². The number of nitriles is 1. The molecule has 0 spiro atoms. The van der Waals surface area contributed by atoms with Crippen LogP contribution in [0.5, 0.6) is 5.75 Å². The van der Waals surface area contributed by atoms with E-state index in [4.69, 9.17) is 31.3 Å². The summed E-state index contributed by atoms with van der Waals surface area (Å²) < 4.78 is 13.5. The van der Waals surface area contributed by atoms with Gasteiger partial charge in [0.25, 0.3) is 5.56 Å². The fourth-order valence-electron chi connectivity index (χ4n) is 4.39. The SMILES string of the molecule is CCOC(=O)C1=C(c2ccccc2)N=c2s/c(=C\c3ccc(OCC#N)c(Br)c3)c(=O)n2[C@@H]1c1ccc(Cl)cc1. The summed E-state index contributed by atoms with van der Waals surface area (Å²) in [5.41, 5.74) is 2.62. The van der Waals surface area contributed by atoms with E-state index in [0.29, 0.717) is 35.8 Å². The summed E-state index contributed by atoms with van der Waals surface area (Å²) in [5.74, 6) is -0.0225. The minimum absolute atomic E-state index is 0.0756. The van der Waals surface area contributed by atoms with E-state index in [1.807, 2.05) is 36.4 Å². The van der Waals surface area contributed by atoms with Crippen LogP contribution in [0.25, 0.3) is 11.8 Å². The second kappa shape index (κ2) is 12.0. The number of esters is 1. The lowest BCUT2D eigenvalue weighted by Crippen LogP contribution is -2.40. The first-order chi connectivity index (χ1) is 19.4. The molecular formula is C30H21BrClN3O4S. The molecule has 0 bridgehead atoms. The Morgan fingerprint density at radius 1 is 1.18 bits per heavy atom. The molecule has 0 N–H and O–H groups in total. The number of rotatable bonds is 7. The average molecular weight is 635 g/mol. The molecule has 1 aliphatic rings. The number of aromatic nitrogens is 1. The molecule has 0 unspecified atom stereocenters. The highest BCUT2D eigenvalue weighted by Crippen LogP contribution is 2.35. The summed E-state index contributed by atoms with van der Waals surface area (Å²) in [7, 11) is 0. The van der Waals surface area contributed by atoms with Crippen LogP contribution in [-0.2, 0) is 9.53 Å². The molecule has 4 aromatic rings. The normalized spacial score (nSPS) is 14.8. The van der Waals surface area contributed by atoms with Crippen LogP contribution in [0.3, 0.4) is 0 Å². The quantitative estimate of drug-likeness (QED) is 0.259. The third-order valence-electron chi connectivity index (χ3n) is 6.11. The zero-order valence-electron chi connectivity index (χ0n) is 21.1. The lowest BCUT2D eigenvalue weighted by atomic mass is 9.93. The minimum Gasteiger partial charge on any atom is -0.478 e. The molecule has 0 saturated carbocycles. The maximum atomic E-state index is 13.9. The molecule has 0 saturated heterocycles. The average Bonchev–Trinajstić information content (AvgIpc) is 3.27. The third kappa shape index (κ3) is 5.52. The van der Waals surface area contributed by atoms with Crippen LogP contribution in [-0.4, -0.2) is 23.8 Å². The van der Waals surface area contributed by atoms with Gasteiger partial charge >= 0.3 is 5.97 Å². The molecule has 0 aliphatic carbocycles. The van der Waals surface area contributed by atoms with Gasteiger partial charge in [0.2, 0.25) is 0 Å². The molecule has 2 heterocycles. The second-order valence-corrected chi connectivity index (χ2v) is 10.9. The van der Waals surface area contributed by atoms with Crippen molar-refractivity contribution in [1.29, 1.82) is 5.26 Å². The van der Waals surface area contributed by atoms with Gasteiger partial charge in [-0.05, 0) is 64.3 Å².